The molecule has 0 aliphatic carbocycles. The Morgan fingerprint density at radius 2 is 2.05 bits per heavy atom. The molecule has 1 heterocycles. The second-order valence-corrected chi connectivity index (χ2v) is 4.90. The minimum Gasteiger partial charge on any atom is -0.381 e. The average molecular weight is 267 g/mol. The molecule has 0 aliphatic heterocycles. The molecule has 110 valence electrons. The van der Waals surface area contributed by atoms with E-state index in [-0.39, 0.29) is 0 Å². The molecule has 0 radical (unpaired) electrons. The standard InChI is InChI=1S/C15H29N3O/c1-4-11-19-12-7-9-16-13-14-8-10-18(17-14)15(5-2)6-3/h8,10,15-16H,4-7,9,11-13H2,1-3H3. The molecule has 0 atom stereocenters. The Hall–Kier alpha value is -0.870. The van der Waals surface area contributed by atoms with Gasteiger partial charge in [0.1, 0.15) is 0 Å². The third-order valence-electron chi connectivity index (χ3n) is 3.28. The zero-order valence-electron chi connectivity index (χ0n) is 12.7. The van der Waals surface area contributed by atoms with Crippen molar-refractivity contribution in [1.82, 2.24) is 15.1 Å². The normalized spacial score (nSPS) is 11.4. The quantitative estimate of drug-likeness (QED) is 0.626. The summed E-state index contributed by atoms with van der Waals surface area (Å²) in [6, 6.07) is 2.65. The number of rotatable bonds is 11. The van der Waals surface area contributed by atoms with Crippen LogP contribution in [0.25, 0.3) is 0 Å². The maximum absolute atomic E-state index is 5.44. The van der Waals surface area contributed by atoms with Gasteiger partial charge < -0.3 is 10.1 Å². The second kappa shape index (κ2) is 9.98. The van der Waals surface area contributed by atoms with Gasteiger partial charge in [-0.3, -0.25) is 4.68 Å². The number of aromatic nitrogens is 2. The summed E-state index contributed by atoms with van der Waals surface area (Å²) in [5.41, 5.74) is 1.13. The molecule has 0 bridgehead atoms. The molecular weight excluding hydrogens is 238 g/mol. The van der Waals surface area contributed by atoms with Crippen LogP contribution in [-0.4, -0.2) is 29.5 Å². The van der Waals surface area contributed by atoms with Crippen LogP contribution in [-0.2, 0) is 11.3 Å². The number of ether oxygens (including phenoxy) is 1. The number of nitrogens with one attached hydrogen (secondary N) is 1. The topological polar surface area (TPSA) is 39.1 Å². The van der Waals surface area contributed by atoms with Crippen LogP contribution in [0.2, 0.25) is 0 Å². The molecule has 0 unspecified atom stereocenters. The molecule has 0 saturated carbocycles. The molecule has 0 aromatic carbocycles. The van der Waals surface area contributed by atoms with Gasteiger partial charge in [0, 0.05) is 26.0 Å². The van der Waals surface area contributed by atoms with E-state index in [9.17, 15) is 0 Å². The minimum atomic E-state index is 0.538. The lowest BCUT2D eigenvalue weighted by molar-refractivity contribution is 0.132. The van der Waals surface area contributed by atoms with Gasteiger partial charge in [-0.1, -0.05) is 20.8 Å². The molecule has 1 aromatic rings. The van der Waals surface area contributed by atoms with Crippen molar-refractivity contribution in [3.05, 3.63) is 18.0 Å². The Kier molecular flexibility index (Phi) is 8.50. The van der Waals surface area contributed by atoms with Gasteiger partial charge in [0.25, 0.3) is 0 Å². The van der Waals surface area contributed by atoms with Gasteiger partial charge in [0.2, 0.25) is 0 Å². The van der Waals surface area contributed by atoms with E-state index < -0.39 is 0 Å². The van der Waals surface area contributed by atoms with Gasteiger partial charge in [-0.05, 0) is 38.3 Å². The van der Waals surface area contributed by atoms with Crippen molar-refractivity contribution in [2.45, 2.75) is 59.0 Å². The fourth-order valence-electron chi connectivity index (χ4n) is 2.10. The average Bonchev–Trinajstić information content (AvgIpc) is 2.88. The Labute approximate surface area is 117 Å². The van der Waals surface area contributed by atoms with Crippen LogP contribution in [0.15, 0.2) is 12.3 Å². The van der Waals surface area contributed by atoms with Crippen LogP contribution >= 0.6 is 0 Å². The number of nitrogens with zero attached hydrogens (tertiary/aromatic N) is 2. The van der Waals surface area contributed by atoms with E-state index in [2.05, 4.69) is 48.1 Å². The third-order valence-corrected chi connectivity index (χ3v) is 3.28. The van der Waals surface area contributed by atoms with Crippen molar-refractivity contribution in [3.8, 4) is 0 Å². The number of hydrogen-bond acceptors (Lipinski definition) is 3. The summed E-state index contributed by atoms with van der Waals surface area (Å²) < 4.78 is 7.54. The summed E-state index contributed by atoms with van der Waals surface area (Å²) in [4.78, 5) is 0. The first-order valence-electron chi connectivity index (χ1n) is 7.64. The molecule has 0 amide bonds. The lowest BCUT2D eigenvalue weighted by Gasteiger charge is -2.12. The van der Waals surface area contributed by atoms with Gasteiger partial charge in [0.15, 0.2) is 0 Å². The monoisotopic (exact) mass is 267 g/mol. The lowest BCUT2D eigenvalue weighted by Crippen LogP contribution is -2.17. The summed E-state index contributed by atoms with van der Waals surface area (Å²) in [7, 11) is 0. The van der Waals surface area contributed by atoms with E-state index in [0.717, 1.165) is 57.7 Å². The molecule has 1 rings (SSSR count). The molecule has 1 aromatic heterocycles. The predicted molar refractivity (Wildman–Crippen MR) is 79.3 cm³/mol. The third kappa shape index (κ3) is 6.21. The van der Waals surface area contributed by atoms with Crippen LogP contribution in [0.3, 0.4) is 0 Å². The Bertz CT molecular complexity index is 321. The van der Waals surface area contributed by atoms with Crippen LogP contribution in [0.5, 0.6) is 0 Å². The zero-order valence-corrected chi connectivity index (χ0v) is 12.7. The SMILES string of the molecule is CCCOCCCNCc1ccn(C(CC)CC)n1. The summed E-state index contributed by atoms with van der Waals surface area (Å²) in [5, 5.41) is 8.03. The highest BCUT2D eigenvalue weighted by molar-refractivity contribution is 4.99. The van der Waals surface area contributed by atoms with E-state index in [0.29, 0.717) is 6.04 Å². The van der Waals surface area contributed by atoms with Crippen LogP contribution in [0.1, 0.15) is 58.2 Å². The van der Waals surface area contributed by atoms with Crippen molar-refractivity contribution in [1.29, 1.82) is 0 Å². The highest BCUT2D eigenvalue weighted by atomic mass is 16.5. The van der Waals surface area contributed by atoms with Gasteiger partial charge in [-0.15, -0.1) is 0 Å². The summed E-state index contributed by atoms with van der Waals surface area (Å²) in [6.07, 6.45) is 6.53. The highest BCUT2D eigenvalue weighted by Crippen LogP contribution is 2.14. The van der Waals surface area contributed by atoms with Gasteiger partial charge in [-0.2, -0.15) is 5.10 Å². The molecular formula is C15H29N3O. The molecule has 19 heavy (non-hydrogen) atoms. The molecule has 0 aliphatic rings. The maximum atomic E-state index is 5.44. The van der Waals surface area contributed by atoms with E-state index in [1.54, 1.807) is 0 Å². The van der Waals surface area contributed by atoms with Crippen molar-refractivity contribution < 1.29 is 4.74 Å². The van der Waals surface area contributed by atoms with Crippen LogP contribution < -0.4 is 5.32 Å². The Morgan fingerprint density at radius 3 is 2.74 bits per heavy atom. The zero-order chi connectivity index (χ0) is 13.9. The number of hydrogen-bond donors (Lipinski definition) is 1. The van der Waals surface area contributed by atoms with Crippen molar-refractivity contribution in [3.63, 3.8) is 0 Å². The fraction of sp³-hybridized carbons (Fsp3) is 0.800. The van der Waals surface area contributed by atoms with Crippen molar-refractivity contribution in [2.24, 2.45) is 0 Å². The molecule has 4 heteroatoms. The molecule has 0 saturated heterocycles. The first-order chi connectivity index (χ1) is 9.31. The van der Waals surface area contributed by atoms with Crippen molar-refractivity contribution in [2.75, 3.05) is 19.8 Å². The highest BCUT2D eigenvalue weighted by Gasteiger charge is 2.07. The molecule has 4 nitrogen and oxygen atoms in total. The van der Waals surface area contributed by atoms with Gasteiger partial charge >= 0.3 is 0 Å². The van der Waals surface area contributed by atoms with E-state index >= 15 is 0 Å². The smallest absolute Gasteiger partial charge is 0.0762 e. The first-order valence-corrected chi connectivity index (χ1v) is 7.64. The van der Waals surface area contributed by atoms with Crippen LogP contribution in [0, 0.1) is 0 Å². The lowest BCUT2D eigenvalue weighted by atomic mass is 10.2. The Morgan fingerprint density at radius 1 is 1.26 bits per heavy atom. The van der Waals surface area contributed by atoms with E-state index in [4.69, 9.17) is 4.74 Å². The van der Waals surface area contributed by atoms with Crippen LogP contribution in [0.4, 0.5) is 0 Å². The molecule has 0 spiro atoms. The van der Waals surface area contributed by atoms with Crippen molar-refractivity contribution >= 4 is 0 Å². The molecule has 0 fully saturated rings. The summed E-state index contributed by atoms with van der Waals surface area (Å²) in [6.45, 7) is 10.1. The summed E-state index contributed by atoms with van der Waals surface area (Å²) >= 11 is 0. The summed E-state index contributed by atoms with van der Waals surface area (Å²) in [5.74, 6) is 0. The first kappa shape index (κ1) is 16.2. The minimum absolute atomic E-state index is 0.538. The maximum Gasteiger partial charge on any atom is 0.0762 e. The second-order valence-electron chi connectivity index (χ2n) is 4.90. The van der Waals surface area contributed by atoms with E-state index in [1.807, 2.05) is 0 Å². The molecule has 1 N–H and O–H groups in total. The van der Waals surface area contributed by atoms with E-state index in [1.165, 1.54) is 0 Å². The Balaban J connectivity index is 2.16. The largest absolute Gasteiger partial charge is 0.381 e. The van der Waals surface area contributed by atoms with Gasteiger partial charge in [-0.25, -0.2) is 0 Å². The predicted octanol–water partition coefficient (Wildman–Crippen LogP) is 3.15. The fourth-order valence-corrected chi connectivity index (χ4v) is 2.10. The van der Waals surface area contributed by atoms with Gasteiger partial charge in [0.05, 0.1) is 11.7 Å².